The lowest BCUT2D eigenvalue weighted by atomic mass is 9.94. The first-order chi connectivity index (χ1) is 8.47. The number of hydrogen-bond donors (Lipinski definition) is 1. The van der Waals surface area contributed by atoms with Gasteiger partial charge in [0.25, 0.3) is 0 Å². The maximum absolute atomic E-state index is 11.8. The number of aliphatic carboxylic acids is 1. The fraction of sp³-hybridized carbons (Fsp3) is 0.545. The number of esters is 1. The van der Waals surface area contributed by atoms with E-state index in [1.165, 1.54) is 23.6 Å². The number of nitrogens with zero attached hydrogens (tertiary/aromatic N) is 1. The van der Waals surface area contributed by atoms with Crippen LogP contribution in [0.25, 0.3) is 0 Å². The Labute approximate surface area is 108 Å². The van der Waals surface area contributed by atoms with E-state index in [4.69, 9.17) is 9.84 Å². The molecule has 2 aliphatic rings. The van der Waals surface area contributed by atoms with Gasteiger partial charge in [0.1, 0.15) is 12.3 Å². The molecule has 0 saturated carbocycles. The molecule has 0 aromatic carbocycles. The third-order valence-corrected chi connectivity index (χ3v) is 4.35. The molecule has 2 heterocycles. The van der Waals surface area contributed by atoms with Gasteiger partial charge in [-0.15, -0.1) is 0 Å². The number of carboxylic acid groups (broad SMARTS) is 1. The second-order valence-electron chi connectivity index (χ2n) is 4.09. The molecule has 0 aromatic rings. The lowest BCUT2D eigenvalue weighted by Crippen LogP contribution is -2.56. The quantitative estimate of drug-likeness (QED) is 0.601. The number of ether oxygens (including phenoxy) is 1. The van der Waals surface area contributed by atoms with E-state index in [1.54, 1.807) is 0 Å². The molecule has 0 radical (unpaired) electrons. The van der Waals surface area contributed by atoms with Crippen LogP contribution in [0.4, 0.5) is 0 Å². The van der Waals surface area contributed by atoms with Gasteiger partial charge in [0.05, 0.1) is 16.2 Å². The molecule has 2 aliphatic heterocycles. The van der Waals surface area contributed by atoms with Gasteiger partial charge in [0, 0.05) is 6.92 Å². The summed E-state index contributed by atoms with van der Waals surface area (Å²) < 4.78 is 4.82. The van der Waals surface area contributed by atoms with Gasteiger partial charge in [0.15, 0.2) is 0 Å². The molecule has 1 N–H and O–H groups in total. The van der Waals surface area contributed by atoms with Gasteiger partial charge in [-0.1, -0.05) is 18.7 Å². The van der Waals surface area contributed by atoms with Crippen LogP contribution in [-0.2, 0) is 19.1 Å². The molecule has 2 atom stereocenters. The summed E-state index contributed by atoms with van der Waals surface area (Å²) in [4.78, 5) is 35.4. The van der Waals surface area contributed by atoms with E-state index in [2.05, 4.69) is 0 Å². The Kier molecular flexibility index (Phi) is 3.34. The zero-order valence-electron chi connectivity index (χ0n) is 10.0. The zero-order chi connectivity index (χ0) is 13.4. The van der Waals surface area contributed by atoms with E-state index in [0.717, 1.165) is 0 Å². The summed E-state index contributed by atoms with van der Waals surface area (Å²) in [6, 6.07) is 0. The Morgan fingerprint density at radius 3 is 2.67 bits per heavy atom. The number of carboxylic acids is 1. The van der Waals surface area contributed by atoms with E-state index in [0.29, 0.717) is 11.3 Å². The highest BCUT2D eigenvalue weighted by Crippen LogP contribution is 2.50. The van der Waals surface area contributed by atoms with Crippen LogP contribution >= 0.6 is 11.8 Å². The molecule has 0 aliphatic carbocycles. The number of rotatable bonds is 4. The summed E-state index contributed by atoms with van der Waals surface area (Å²) in [6.07, 6.45) is 0.681. The first-order valence-corrected chi connectivity index (χ1v) is 6.44. The largest absolute Gasteiger partial charge is 0.477 e. The first kappa shape index (κ1) is 12.9. The molecular weight excluding hydrogens is 258 g/mol. The highest BCUT2D eigenvalue weighted by molar-refractivity contribution is 8.04. The van der Waals surface area contributed by atoms with E-state index < -0.39 is 11.9 Å². The fourth-order valence-electron chi connectivity index (χ4n) is 2.10. The normalized spacial score (nSPS) is 25.9. The molecular formula is C11H13NO5S. The Morgan fingerprint density at radius 1 is 1.50 bits per heavy atom. The zero-order valence-corrected chi connectivity index (χ0v) is 10.8. The van der Waals surface area contributed by atoms with Gasteiger partial charge in [-0.05, 0) is 6.42 Å². The molecule has 0 aromatic heterocycles. The third-order valence-electron chi connectivity index (χ3n) is 2.97. The topological polar surface area (TPSA) is 83.9 Å². The van der Waals surface area contributed by atoms with E-state index in [9.17, 15) is 14.4 Å². The van der Waals surface area contributed by atoms with Crippen molar-refractivity contribution in [2.24, 2.45) is 5.92 Å². The average molecular weight is 271 g/mol. The average Bonchev–Trinajstić information content (AvgIpc) is 2.62. The maximum atomic E-state index is 11.8. The Bertz CT molecular complexity index is 458. The van der Waals surface area contributed by atoms with E-state index >= 15 is 0 Å². The predicted molar refractivity (Wildman–Crippen MR) is 63.3 cm³/mol. The smallest absolute Gasteiger partial charge is 0.353 e. The molecule has 6 nitrogen and oxygen atoms in total. The van der Waals surface area contributed by atoms with Crippen LogP contribution in [0.3, 0.4) is 0 Å². The van der Waals surface area contributed by atoms with Crippen LogP contribution < -0.4 is 0 Å². The van der Waals surface area contributed by atoms with Gasteiger partial charge in [0.2, 0.25) is 5.91 Å². The Balaban J connectivity index is 2.20. The molecule has 1 amide bonds. The predicted octanol–water partition coefficient (Wildman–Crippen LogP) is 0.787. The number of fused-ring (bicyclic) bond motifs is 1. The van der Waals surface area contributed by atoms with Crippen molar-refractivity contribution in [3.8, 4) is 0 Å². The second-order valence-corrected chi connectivity index (χ2v) is 5.30. The highest BCUT2D eigenvalue weighted by Gasteiger charge is 2.55. The lowest BCUT2D eigenvalue weighted by molar-refractivity contribution is -0.151. The molecule has 1 saturated heterocycles. The standard InChI is InChI=1S/C11H13NO5S/c1-3-6-9(14)12-8(11(15)16)7(18-10(6)12)4-17-5(2)13/h6,10H,3-4H2,1-2H3,(H,15,16)/t6-,10-/m1/s1. The number of carbonyl (C=O) groups is 3. The van der Waals surface area contributed by atoms with Gasteiger partial charge < -0.3 is 9.84 Å². The van der Waals surface area contributed by atoms with Crippen LogP contribution in [0, 0.1) is 5.92 Å². The van der Waals surface area contributed by atoms with Crippen molar-refractivity contribution in [2.75, 3.05) is 6.61 Å². The minimum atomic E-state index is -1.16. The molecule has 1 fully saturated rings. The van der Waals surface area contributed by atoms with Crippen LogP contribution in [0.2, 0.25) is 0 Å². The van der Waals surface area contributed by atoms with Crippen molar-refractivity contribution in [2.45, 2.75) is 25.6 Å². The van der Waals surface area contributed by atoms with E-state index in [1.807, 2.05) is 6.92 Å². The van der Waals surface area contributed by atoms with Crippen molar-refractivity contribution in [3.05, 3.63) is 10.6 Å². The highest BCUT2D eigenvalue weighted by atomic mass is 32.2. The van der Waals surface area contributed by atoms with Crippen LogP contribution in [-0.4, -0.2) is 39.8 Å². The second kappa shape index (κ2) is 4.64. The van der Waals surface area contributed by atoms with Gasteiger partial charge in [-0.25, -0.2) is 4.79 Å². The van der Waals surface area contributed by atoms with E-state index in [-0.39, 0.29) is 29.5 Å². The minimum absolute atomic E-state index is 0.0408. The van der Waals surface area contributed by atoms with Crippen molar-refractivity contribution in [3.63, 3.8) is 0 Å². The molecule has 0 unspecified atom stereocenters. The number of hydrogen-bond acceptors (Lipinski definition) is 5. The van der Waals surface area contributed by atoms with Crippen LogP contribution in [0.15, 0.2) is 10.6 Å². The summed E-state index contributed by atoms with van der Waals surface area (Å²) >= 11 is 1.30. The first-order valence-electron chi connectivity index (χ1n) is 5.56. The van der Waals surface area contributed by atoms with Crippen molar-refractivity contribution < 1.29 is 24.2 Å². The fourth-order valence-corrected chi connectivity index (χ4v) is 3.60. The SMILES string of the molecule is CC[C@@H]1C(=O)N2C(C(=O)O)=C(COC(C)=O)S[C@H]12. The summed E-state index contributed by atoms with van der Waals surface area (Å²) in [5, 5.41) is 8.99. The molecule has 0 bridgehead atoms. The van der Waals surface area contributed by atoms with Crippen molar-refractivity contribution in [1.82, 2.24) is 4.90 Å². The van der Waals surface area contributed by atoms with Crippen molar-refractivity contribution >= 4 is 29.6 Å². The summed E-state index contributed by atoms with van der Waals surface area (Å²) in [5.74, 6) is -1.93. The molecule has 98 valence electrons. The Hall–Kier alpha value is -1.50. The summed E-state index contributed by atoms with van der Waals surface area (Å²) in [6.45, 7) is 3.07. The third kappa shape index (κ3) is 1.88. The minimum Gasteiger partial charge on any atom is -0.477 e. The van der Waals surface area contributed by atoms with Crippen LogP contribution in [0.1, 0.15) is 20.3 Å². The molecule has 0 spiro atoms. The van der Waals surface area contributed by atoms with Gasteiger partial charge in [-0.2, -0.15) is 0 Å². The lowest BCUT2D eigenvalue weighted by Gasteiger charge is -2.41. The monoisotopic (exact) mass is 271 g/mol. The van der Waals surface area contributed by atoms with Gasteiger partial charge in [-0.3, -0.25) is 14.5 Å². The van der Waals surface area contributed by atoms with Crippen molar-refractivity contribution in [1.29, 1.82) is 0 Å². The summed E-state index contributed by atoms with van der Waals surface area (Å²) in [5.41, 5.74) is -0.0408. The summed E-state index contributed by atoms with van der Waals surface area (Å²) in [7, 11) is 0. The maximum Gasteiger partial charge on any atom is 0.353 e. The molecule has 18 heavy (non-hydrogen) atoms. The number of thioether (sulfide) groups is 1. The van der Waals surface area contributed by atoms with Crippen LogP contribution in [0.5, 0.6) is 0 Å². The Morgan fingerprint density at radius 2 is 2.17 bits per heavy atom. The molecule has 7 heteroatoms. The number of β-lactam (4-membered cyclic amide) rings is 1. The molecule has 2 rings (SSSR count). The number of amides is 1. The number of carbonyl (C=O) groups excluding carboxylic acids is 2. The van der Waals surface area contributed by atoms with Gasteiger partial charge >= 0.3 is 11.9 Å².